The second-order valence-electron chi connectivity index (χ2n) is 6.01. The van der Waals surface area contributed by atoms with Gasteiger partial charge in [0.05, 0.1) is 5.69 Å². The summed E-state index contributed by atoms with van der Waals surface area (Å²) in [5, 5.41) is 5.81. The normalized spacial score (nSPS) is 22.2. The number of rotatable bonds is 5. The molecule has 2 aromatic rings. The molecule has 96 valence electrons. The molecule has 3 nitrogen and oxygen atoms in total. The molecule has 0 amide bonds. The van der Waals surface area contributed by atoms with Crippen LogP contribution in [-0.2, 0) is 6.42 Å². The molecule has 2 saturated carbocycles. The van der Waals surface area contributed by atoms with Gasteiger partial charge in [0.15, 0.2) is 4.96 Å². The standard InChI is InChI=1S/C14H19N3S/c1-4-14(5-1,10-15-11-2-3-11)8-12-9-17-6-7-18-13(17)16-12/h6-7,9,11,15H,1-5,8,10H2. The molecule has 4 rings (SSSR count). The first-order chi connectivity index (χ1) is 8.83. The summed E-state index contributed by atoms with van der Waals surface area (Å²) in [7, 11) is 0. The Morgan fingerprint density at radius 1 is 1.44 bits per heavy atom. The molecule has 0 saturated heterocycles. The molecule has 18 heavy (non-hydrogen) atoms. The van der Waals surface area contributed by atoms with Crippen LogP contribution in [0.2, 0.25) is 0 Å². The summed E-state index contributed by atoms with van der Waals surface area (Å²) in [6, 6.07) is 0.827. The fourth-order valence-electron chi connectivity index (χ4n) is 2.99. The molecule has 2 aliphatic carbocycles. The van der Waals surface area contributed by atoms with Crippen molar-refractivity contribution in [1.29, 1.82) is 0 Å². The zero-order valence-corrected chi connectivity index (χ0v) is 11.4. The second kappa shape index (κ2) is 4.07. The Labute approximate surface area is 111 Å². The van der Waals surface area contributed by atoms with Crippen molar-refractivity contribution < 1.29 is 0 Å². The zero-order valence-electron chi connectivity index (χ0n) is 10.6. The molecule has 2 aliphatic rings. The Morgan fingerprint density at radius 2 is 2.33 bits per heavy atom. The van der Waals surface area contributed by atoms with Crippen molar-refractivity contribution >= 4 is 16.3 Å². The molecule has 0 aromatic carbocycles. The number of imidazole rings is 1. The Hall–Kier alpha value is -0.870. The molecule has 2 aromatic heterocycles. The number of hydrogen-bond acceptors (Lipinski definition) is 3. The van der Waals surface area contributed by atoms with Gasteiger partial charge in [-0.3, -0.25) is 4.40 Å². The van der Waals surface area contributed by atoms with E-state index in [0.29, 0.717) is 5.41 Å². The Bertz CT molecular complexity index is 520. The third-order valence-electron chi connectivity index (χ3n) is 4.46. The van der Waals surface area contributed by atoms with E-state index in [1.54, 1.807) is 11.3 Å². The predicted octanol–water partition coefficient (Wildman–Crippen LogP) is 2.86. The summed E-state index contributed by atoms with van der Waals surface area (Å²) >= 11 is 1.72. The van der Waals surface area contributed by atoms with Crippen molar-refractivity contribution in [2.24, 2.45) is 5.41 Å². The van der Waals surface area contributed by atoms with Crippen molar-refractivity contribution in [1.82, 2.24) is 14.7 Å². The van der Waals surface area contributed by atoms with Gasteiger partial charge >= 0.3 is 0 Å². The van der Waals surface area contributed by atoms with Crippen LogP contribution in [0.15, 0.2) is 17.8 Å². The van der Waals surface area contributed by atoms with E-state index in [1.165, 1.54) is 44.3 Å². The van der Waals surface area contributed by atoms with Crippen LogP contribution >= 0.6 is 11.3 Å². The smallest absolute Gasteiger partial charge is 0.193 e. The van der Waals surface area contributed by atoms with Gasteiger partial charge in [-0.25, -0.2) is 4.98 Å². The minimum Gasteiger partial charge on any atom is -0.313 e. The van der Waals surface area contributed by atoms with E-state index in [0.717, 1.165) is 17.4 Å². The van der Waals surface area contributed by atoms with Crippen LogP contribution in [0.5, 0.6) is 0 Å². The van der Waals surface area contributed by atoms with Crippen molar-refractivity contribution in [3.63, 3.8) is 0 Å². The number of thiazole rings is 1. The summed E-state index contributed by atoms with van der Waals surface area (Å²) in [6.07, 6.45) is 12.4. The first-order valence-electron chi connectivity index (χ1n) is 6.98. The maximum atomic E-state index is 4.74. The fourth-order valence-corrected chi connectivity index (χ4v) is 3.71. The Balaban J connectivity index is 1.48. The van der Waals surface area contributed by atoms with Crippen LogP contribution in [0, 0.1) is 5.41 Å². The zero-order chi connectivity index (χ0) is 12.0. The van der Waals surface area contributed by atoms with Crippen LogP contribution in [0.3, 0.4) is 0 Å². The van der Waals surface area contributed by atoms with E-state index in [-0.39, 0.29) is 0 Å². The van der Waals surface area contributed by atoms with Gasteiger partial charge in [0, 0.05) is 30.4 Å². The lowest BCUT2D eigenvalue weighted by atomic mass is 9.66. The first kappa shape index (κ1) is 11.0. The van der Waals surface area contributed by atoms with Gasteiger partial charge in [-0.15, -0.1) is 11.3 Å². The highest BCUT2D eigenvalue weighted by atomic mass is 32.1. The van der Waals surface area contributed by atoms with E-state index >= 15 is 0 Å². The van der Waals surface area contributed by atoms with E-state index in [9.17, 15) is 0 Å². The third kappa shape index (κ3) is 1.97. The highest BCUT2D eigenvalue weighted by Crippen LogP contribution is 2.43. The van der Waals surface area contributed by atoms with E-state index in [1.807, 2.05) is 0 Å². The molecule has 1 N–H and O–H groups in total. The lowest BCUT2D eigenvalue weighted by Gasteiger charge is -2.42. The quantitative estimate of drug-likeness (QED) is 0.897. The molecule has 4 heteroatoms. The van der Waals surface area contributed by atoms with Gasteiger partial charge in [-0.05, 0) is 37.5 Å². The van der Waals surface area contributed by atoms with E-state index < -0.39 is 0 Å². The van der Waals surface area contributed by atoms with E-state index in [4.69, 9.17) is 4.98 Å². The highest BCUT2D eigenvalue weighted by molar-refractivity contribution is 7.15. The Kier molecular flexibility index (Phi) is 2.49. The van der Waals surface area contributed by atoms with Crippen LogP contribution < -0.4 is 5.32 Å². The van der Waals surface area contributed by atoms with Crippen molar-refractivity contribution in [2.45, 2.75) is 44.6 Å². The number of aromatic nitrogens is 2. The van der Waals surface area contributed by atoms with Gasteiger partial charge < -0.3 is 5.32 Å². The van der Waals surface area contributed by atoms with Gasteiger partial charge in [0.2, 0.25) is 0 Å². The lowest BCUT2D eigenvalue weighted by Crippen LogP contribution is -2.42. The molecule has 0 aliphatic heterocycles. The summed E-state index contributed by atoms with van der Waals surface area (Å²) in [5.74, 6) is 0. The van der Waals surface area contributed by atoms with Crippen molar-refractivity contribution in [3.05, 3.63) is 23.5 Å². The largest absolute Gasteiger partial charge is 0.313 e. The molecule has 2 heterocycles. The topological polar surface area (TPSA) is 29.3 Å². The first-order valence-corrected chi connectivity index (χ1v) is 7.86. The number of nitrogens with zero attached hydrogens (tertiary/aromatic N) is 2. The molecule has 0 spiro atoms. The summed E-state index contributed by atoms with van der Waals surface area (Å²) in [4.78, 5) is 5.87. The van der Waals surface area contributed by atoms with Crippen LogP contribution in [0.25, 0.3) is 4.96 Å². The minimum atomic E-state index is 0.507. The monoisotopic (exact) mass is 261 g/mol. The molecule has 0 radical (unpaired) electrons. The number of fused-ring (bicyclic) bond motifs is 1. The van der Waals surface area contributed by atoms with Gasteiger partial charge in [0.1, 0.15) is 0 Å². The molecule has 0 unspecified atom stereocenters. The van der Waals surface area contributed by atoms with Crippen molar-refractivity contribution in [2.75, 3.05) is 6.54 Å². The van der Waals surface area contributed by atoms with Gasteiger partial charge in [0.25, 0.3) is 0 Å². The minimum absolute atomic E-state index is 0.507. The third-order valence-corrected chi connectivity index (χ3v) is 5.23. The van der Waals surface area contributed by atoms with Crippen LogP contribution in [0.1, 0.15) is 37.8 Å². The molecular weight excluding hydrogens is 242 g/mol. The van der Waals surface area contributed by atoms with Crippen LogP contribution in [-0.4, -0.2) is 22.0 Å². The average molecular weight is 261 g/mol. The number of hydrogen-bond donors (Lipinski definition) is 1. The van der Waals surface area contributed by atoms with E-state index in [2.05, 4.69) is 27.5 Å². The Morgan fingerprint density at radius 3 is 3.00 bits per heavy atom. The summed E-state index contributed by atoms with van der Waals surface area (Å²) in [5.41, 5.74) is 1.78. The second-order valence-corrected chi connectivity index (χ2v) is 6.88. The predicted molar refractivity (Wildman–Crippen MR) is 74.1 cm³/mol. The van der Waals surface area contributed by atoms with Crippen molar-refractivity contribution in [3.8, 4) is 0 Å². The van der Waals surface area contributed by atoms with Gasteiger partial charge in [-0.2, -0.15) is 0 Å². The fraction of sp³-hybridized carbons (Fsp3) is 0.643. The molecule has 0 bridgehead atoms. The maximum absolute atomic E-state index is 4.74. The molecule has 2 fully saturated rings. The number of nitrogens with one attached hydrogen (secondary N) is 1. The summed E-state index contributed by atoms with van der Waals surface area (Å²) < 4.78 is 2.15. The maximum Gasteiger partial charge on any atom is 0.193 e. The highest BCUT2D eigenvalue weighted by Gasteiger charge is 2.38. The van der Waals surface area contributed by atoms with Gasteiger partial charge in [-0.1, -0.05) is 6.42 Å². The average Bonchev–Trinajstić information content (AvgIpc) is 2.91. The summed E-state index contributed by atoms with van der Waals surface area (Å²) in [6.45, 7) is 1.20. The molecular formula is C14H19N3S. The SMILES string of the molecule is c1cn2cc(CC3(CNC4CC4)CCC3)nc2s1. The molecule has 0 atom stereocenters. The van der Waals surface area contributed by atoms with Crippen LogP contribution in [0.4, 0.5) is 0 Å². The lowest BCUT2D eigenvalue weighted by molar-refractivity contribution is 0.128.